The summed E-state index contributed by atoms with van der Waals surface area (Å²) < 4.78 is 18.1. The minimum atomic E-state index is -0.776. The maximum atomic E-state index is 13.5. The van der Waals surface area contributed by atoms with Gasteiger partial charge in [0.2, 0.25) is 0 Å². The molecule has 0 spiro atoms. The number of halogens is 1. The normalized spacial score (nSPS) is 13.5. The van der Waals surface area contributed by atoms with E-state index in [0.29, 0.717) is 6.42 Å². The van der Waals surface area contributed by atoms with Crippen molar-refractivity contribution in [2.45, 2.75) is 26.3 Å². The molecule has 1 N–H and O–H groups in total. The minimum Gasteiger partial charge on any atom is -0.467 e. The Labute approximate surface area is 112 Å². The zero-order chi connectivity index (χ0) is 14.4. The van der Waals surface area contributed by atoms with Gasteiger partial charge in [0.1, 0.15) is 11.9 Å². The summed E-state index contributed by atoms with van der Waals surface area (Å²) in [6.07, 6.45) is 0.692. The highest BCUT2D eigenvalue weighted by Crippen LogP contribution is 2.12. The van der Waals surface area contributed by atoms with Gasteiger partial charge in [0.15, 0.2) is 0 Å². The zero-order valence-corrected chi connectivity index (χ0v) is 11.3. The van der Waals surface area contributed by atoms with Crippen molar-refractivity contribution in [2.75, 3.05) is 7.11 Å². The van der Waals surface area contributed by atoms with E-state index in [0.717, 1.165) is 0 Å². The monoisotopic (exact) mass is 267 g/mol. The Morgan fingerprint density at radius 3 is 2.53 bits per heavy atom. The van der Waals surface area contributed by atoms with E-state index in [-0.39, 0.29) is 11.5 Å². The van der Waals surface area contributed by atoms with Crippen LogP contribution in [0.25, 0.3) is 0 Å². The van der Waals surface area contributed by atoms with Gasteiger partial charge in [0.05, 0.1) is 12.7 Å². The average Bonchev–Trinajstić information content (AvgIpc) is 2.43. The summed E-state index contributed by atoms with van der Waals surface area (Å²) in [6.45, 7) is 3.72. The zero-order valence-electron chi connectivity index (χ0n) is 11.3. The predicted molar refractivity (Wildman–Crippen MR) is 69.1 cm³/mol. The number of carbonyl (C=O) groups excluding carboxylic acids is 2. The van der Waals surface area contributed by atoms with Gasteiger partial charge < -0.3 is 10.1 Å². The van der Waals surface area contributed by atoms with Gasteiger partial charge in [-0.25, -0.2) is 9.18 Å². The Bertz CT molecular complexity index is 462. The molecule has 2 atom stereocenters. The second-order valence-corrected chi connectivity index (χ2v) is 4.34. The van der Waals surface area contributed by atoms with Crippen molar-refractivity contribution in [3.05, 3.63) is 35.6 Å². The molecule has 0 heterocycles. The average molecular weight is 267 g/mol. The molecule has 0 saturated heterocycles. The van der Waals surface area contributed by atoms with Crippen LogP contribution >= 0.6 is 0 Å². The van der Waals surface area contributed by atoms with E-state index in [4.69, 9.17) is 0 Å². The van der Waals surface area contributed by atoms with E-state index in [1.807, 2.05) is 13.8 Å². The number of methoxy groups -OCH3 is 1. The third-order valence-corrected chi connectivity index (χ3v) is 3.07. The molecular weight excluding hydrogens is 249 g/mol. The minimum absolute atomic E-state index is 0.0836. The summed E-state index contributed by atoms with van der Waals surface area (Å²) in [5, 5.41) is 2.52. The van der Waals surface area contributed by atoms with Crippen molar-refractivity contribution in [1.29, 1.82) is 0 Å². The lowest BCUT2D eigenvalue weighted by atomic mass is 9.99. The highest BCUT2D eigenvalue weighted by atomic mass is 19.1. The fraction of sp³-hybridized carbons (Fsp3) is 0.429. The van der Waals surface area contributed by atoms with Crippen LogP contribution in [-0.2, 0) is 9.53 Å². The van der Waals surface area contributed by atoms with Crippen LogP contribution in [0, 0.1) is 11.7 Å². The van der Waals surface area contributed by atoms with Crippen LogP contribution in [0.2, 0.25) is 0 Å². The van der Waals surface area contributed by atoms with Crippen LogP contribution in [0.5, 0.6) is 0 Å². The highest BCUT2D eigenvalue weighted by molar-refractivity contribution is 5.97. The molecule has 0 aromatic heterocycles. The van der Waals surface area contributed by atoms with Gasteiger partial charge in [0.25, 0.3) is 5.91 Å². The molecule has 0 saturated carbocycles. The summed E-state index contributed by atoms with van der Waals surface area (Å²) in [7, 11) is 1.26. The number of rotatable bonds is 5. The Morgan fingerprint density at radius 2 is 2.00 bits per heavy atom. The summed E-state index contributed by atoms with van der Waals surface area (Å²) in [6, 6.07) is 4.86. The molecule has 0 bridgehead atoms. The van der Waals surface area contributed by atoms with Crippen molar-refractivity contribution < 1.29 is 18.7 Å². The molecule has 0 unspecified atom stereocenters. The summed E-state index contributed by atoms with van der Waals surface area (Å²) >= 11 is 0. The van der Waals surface area contributed by atoms with Crippen molar-refractivity contribution >= 4 is 11.9 Å². The van der Waals surface area contributed by atoms with Crippen LogP contribution < -0.4 is 5.32 Å². The van der Waals surface area contributed by atoms with Crippen LogP contribution in [0.3, 0.4) is 0 Å². The first-order valence-corrected chi connectivity index (χ1v) is 6.14. The molecule has 19 heavy (non-hydrogen) atoms. The number of esters is 1. The molecular formula is C14H18FNO3. The van der Waals surface area contributed by atoms with Gasteiger partial charge in [-0.2, -0.15) is 0 Å². The molecule has 0 aliphatic heterocycles. The maximum Gasteiger partial charge on any atom is 0.328 e. The van der Waals surface area contributed by atoms with E-state index in [1.165, 1.54) is 25.3 Å². The Hall–Kier alpha value is -1.91. The van der Waals surface area contributed by atoms with Gasteiger partial charge in [-0.1, -0.05) is 32.4 Å². The number of nitrogens with one attached hydrogen (secondary N) is 1. The van der Waals surface area contributed by atoms with Crippen molar-refractivity contribution in [3.63, 3.8) is 0 Å². The molecule has 4 nitrogen and oxygen atoms in total. The van der Waals surface area contributed by atoms with Gasteiger partial charge in [-0.15, -0.1) is 0 Å². The van der Waals surface area contributed by atoms with Gasteiger partial charge in [-0.3, -0.25) is 4.79 Å². The standard InChI is InChI=1S/C14H18FNO3/c1-4-9(2)12(14(18)19-3)16-13(17)10-7-5-6-8-11(10)15/h5-9,12H,4H2,1-3H3,(H,16,17)/t9-,12+/m0/s1. The molecule has 0 fully saturated rings. The number of benzene rings is 1. The van der Waals surface area contributed by atoms with E-state index >= 15 is 0 Å². The second kappa shape index (κ2) is 6.87. The Morgan fingerprint density at radius 1 is 1.37 bits per heavy atom. The van der Waals surface area contributed by atoms with Gasteiger partial charge in [-0.05, 0) is 18.1 Å². The highest BCUT2D eigenvalue weighted by Gasteiger charge is 2.27. The molecule has 0 aliphatic rings. The quantitative estimate of drug-likeness (QED) is 0.832. The first kappa shape index (κ1) is 15.1. The van der Waals surface area contributed by atoms with Crippen LogP contribution in [0.4, 0.5) is 4.39 Å². The summed E-state index contributed by atoms with van der Waals surface area (Å²) in [5.74, 6) is -1.86. The first-order chi connectivity index (χ1) is 9.01. The number of hydrogen-bond acceptors (Lipinski definition) is 3. The molecule has 0 radical (unpaired) electrons. The Balaban J connectivity index is 2.88. The van der Waals surface area contributed by atoms with Crippen LogP contribution in [0.15, 0.2) is 24.3 Å². The van der Waals surface area contributed by atoms with E-state index < -0.39 is 23.7 Å². The topological polar surface area (TPSA) is 55.4 Å². The first-order valence-electron chi connectivity index (χ1n) is 6.14. The van der Waals surface area contributed by atoms with Crippen molar-refractivity contribution in [2.24, 2.45) is 5.92 Å². The number of amides is 1. The second-order valence-electron chi connectivity index (χ2n) is 4.34. The molecule has 104 valence electrons. The molecule has 5 heteroatoms. The van der Waals surface area contributed by atoms with Crippen LogP contribution in [-0.4, -0.2) is 25.0 Å². The van der Waals surface area contributed by atoms with E-state index in [1.54, 1.807) is 6.07 Å². The third-order valence-electron chi connectivity index (χ3n) is 3.07. The predicted octanol–water partition coefficient (Wildman–Crippen LogP) is 2.14. The summed E-state index contributed by atoms with van der Waals surface area (Å²) in [5.41, 5.74) is -0.0836. The molecule has 1 aromatic carbocycles. The fourth-order valence-electron chi connectivity index (χ4n) is 1.66. The number of hydrogen-bond donors (Lipinski definition) is 1. The third kappa shape index (κ3) is 3.77. The smallest absolute Gasteiger partial charge is 0.328 e. The van der Waals surface area contributed by atoms with Crippen molar-refractivity contribution in [1.82, 2.24) is 5.32 Å². The van der Waals surface area contributed by atoms with E-state index in [2.05, 4.69) is 10.1 Å². The number of ether oxygens (including phenoxy) is 1. The largest absolute Gasteiger partial charge is 0.467 e. The maximum absolute atomic E-state index is 13.5. The lowest BCUT2D eigenvalue weighted by Gasteiger charge is -2.21. The summed E-state index contributed by atoms with van der Waals surface area (Å²) in [4.78, 5) is 23.6. The molecule has 1 rings (SSSR count). The molecule has 0 aliphatic carbocycles. The number of carbonyl (C=O) groups is 2. The molecule has 1 amide bonds. The lowest BCUT2D eigenvalue weighted by Crippen LogP contribution is -2.45. The lowest BCUT2D eigenvalue weighted by molar-refractivity contribution is -0.144. The molecule has 1 aromatic rings. The SMILES string of the molecule is CC[C@H](C)[C@@H](NC(=O)c1ccccc1F)C(=O)OC. The fourth-order valence-corrected chi connectivity index (χ4v) is 1.66. The van der Waals surface area contributed by atoms with Crippen LogP contribution in [0.1, 0.15) is 30.6 Å². The van der Waals surface area contributed by atoms with E-state index in [9.17, 15) is 14.0 Å². The van der Waals surface area contributed by atoms with Gasteiger partial charge in [0, 0.05) is 0 Å². The van der Waals surface area contributed by atoms with Crippen molar-refractivity contribution in [3.8, 4) is 0 Å². The van der Waals surface area contributed by atoms with Gasteiger partial charge >= 0.3 is 5.97 Å². The Kier molecular flexibility index (Phi) is 5.48.